The van der Waals surface area contributed by atoms with Gasteiger partial charge in [-0.05, 0) is 17.7 Å². The summed E-state index contributed by atoms with van der Waals surface area (Å²) < 4.78 is 6.02. The van der Waals surface area contributed by atoms with Crippen LogP contribution in [-0.2, 0) is 0 Å². The zero-order valence-corrected chi connectivity index (χ0v) is 15.7. The van der Waals surface area contributed by atoms with E-state index >= 15 is 0 Å². The van der Waals surface area contributed by atoms with Gasteiger partial charge in [-0.15, -0.1) is 0 Å². The van der Waals surface area contributed by atoms with Crippen molar-refractivity contribution in [3.05, 3.63) is 106 Å². The number of carbonyl (C=O) groups is 1. The van der Waals surface area contributed by atoms with Gasteiger partial charge < -0.3 is 4.42 Å². The van der Waals surface area contributed by atoms with Crippen molar-refractivity contribution in [2.45, 2.75) is 0 Å². The van der Waals surface area contributed by atoms with E-state index in [1.54, 1.807) is 24.3 Å². The Balaban J connectivity index is 1.93. The van der Waals surface area contributed by atoms with E-state index in [1.165, 1.54) is 0 Å². The summed E-state index contributed by atoms with van der Waals surface area (Å²) in [6.45, 7) is 0. The van der Waals surface area contributed by atoms with Crippen molar-refractivity contribution in [2.75, 3.05) is 0 Å². The third kappa shape index (κ3) is 3.42. The first-order chi connectivity index (χ1) is 13.1. The maximum atomic E-state index is 13.1. The fourth-order valence-electron chi connectivity index (χ4n) is 2.94. The molecule has 4 rings (SSSR count). The number of furan rings is 1. The van der Waals surface area contributed by atoms with Gasteiger partial charge in [0.15, 0.2) is 11.5 Å². The summed E-state index contributed by atoms with van der Waals surface area (Å²) in [7, 11) is 0. The van der Waals surface area contributed by atoms with E-state index in [0.717, 1.165) is 11.1 Å². The molecule has 0 fully saturated rings. The number of hydrogen-bond donors (Lipinski definition) is 0. The first-order valence-corrected chi connectivity index (χ1v) is 9.14. The van der Waals surface area contributed by atoms with Gasteiger partial charge in [-0.3, -0.25) is 4.79 Å². The Bertz CT molecular complexity index is 1080. The summed E-state index contributed by atoms with van der Waals surface area (Å²) in [6.07, 6.45) is 0. The fourth-order valence-corrected chi connectivity index (χ4v) is 3.41. The predicted octanol–water partition coefficient (Wildman–Crippen LogP) is 7.15. The highest BCUT2D eigenvalue weighted by Gasteiger charge is 2.26. The molecule has 4 heteroatoms. The highest BCUT2D eigenvalue weighted by atomic mass is 35.5. The molecule has 0 aliphatic heterocycles. The zero-order chi connectivity index (χ0) is 18.8. The van der Waals surface area contributed by atoms with Crippen LogP contribution in [-0.4, -0.2) is 5.78 Å². The SMILES string of the molecule is O=C(c1ccccc1)c1oc(-c2ccccc2)c(Cl)c1-c1ccc(Cl)cc1. The second kappa shape index (κ2) is 7.43. The molecule has 0 aliphatic rings. The molecule has 0 saturated heterocycles. The van der Waals surface area contributed by atoms with Crippen molar-refractivity contribution in [3.63, 3.8) is 0 Å². The minimum absolute atomic E-state index is 0.215. The molecule has 0 spiro atoms. The third-order valence-corrected chi connectivity index (χ3v) is 4.87. The van der Waals surface area contributed by atoms with Crippen LogP contribution >= 0.6 is 23.2 Å². The van der Waals surface area contributed by atoms with Gasteiger partial charge in [0.1, 0.15) is 0 Å². The summed E-state index contributed by atoms with van der Waals surface area (Å²) in [4.78, 5) is 13.1. The first kappa shape index (κ1) is 17.6. The minimum atomic E-state index is -0.218. The quantitative estimate of drug-likeness (QED) is 0.345. The number of carbonyl (C=O) groups excluding carboxylic acids is 1. The van der Waals surface area contributed by atoms with Crippen molar-refractivity contribution >= 4 is 29.0 Å². The molecule has 0 unspecified atom stereocenters. The average molecular weight is 393 g/mol. The van der Waals surface area contributed by atoms with Crippen molar-refractivity contribution in [2.24, 2.45) is 0 Å². The van der Waals surface area contributed by atoms with E-state index in [-0.39, 0.29) is 11.5 Å². The van der Waals surface area contributed by atoms with Crippen LogP contribution in [0.4, 0.5) is 0 Å². The van der Waals surface area contributed by atoms with Crippen LogP contribution in [0.3, 0.4) is 0 Å². The lowest BCUT2D eigenvalue weighted by Crippen LogP contribution is -2.01. The van der Waals surface area contributed by atoms with Crippen molar-refractivity contribution < 1.29 is 9.21 Å². The highest BCUT2D eigenvalue weighted by Crippen LogP contribution is 2.42. The van der Waals surface area contributed by atoms with Crippen LogP contribution in [0.2, 0.25) is 10.0 Å². The van der Waals surface area contributed by atoms with Gasteiger partial charge in [-0.2, -0.15) is 0 Å². The van der Waals surface area contributed by atoms with Crippen LogP contribution in [0.5, 0.6) is 0 Å². The van der Waals surface area contributed by atoms with Crippen LogP contribution in [0.25, 0.3) is 22.5 Å². The van der Waals surface area contributed by atoms with E-state index in [0.29, 0.717) is 26.9 Å². The van der Waals surface area contributed by atoms with Gasteiger partial charge in [0, 0.05) is 16.1 Å². The Morgan fingerprint density at radius 1 is 0.704 bits per heavy atom. The normalized spacial score (nSPS) is 10.7. The molecule has 3 aromatic carbocycles. The van der Waals surface area contributed by atoms with E-state index in [4.69, 9.17) is 27.6 Å². The van der Waals surface area contributed by atoms with Crippen LogP contribution in [0.15, 0.2) is 89.3 Å². The lowest BCUT2D eigenvalue weighted by atomic mass is 10.00. The zero-order valence-electron chi connectivity index (χ0n) is 14.2. The number of halogens is 2. The number of hydrogen-bond acceptors (Lipinski definition) is 2. The Morgan fingerprint density at radius 3 is 1.93 bits per heavy atom. The van der Waals surface area contributed by atoms with Crippen molar-refractivity contribution in [3.8, 4) is 22.5 Å². The third-order valence-electron chi connectivity index (χ3n) is 4.26. The standard InChI is InChI=1S/C23H14Cl2O2/c24-18-13-11-15(12-14-18)19-20(25)22(17-9-5-2-6-10-17)27-23(19)21(26)16-7-3-1-4-8-16/h1-14H. The van der Waals surface area contributed by atoms with Crippen LogP contribution in [0.1, 0.15) is 16.1 Å². The van der Waals surface area contributed by atoms with Crippen molar-refractivity contribution in [1.82, 2.24) is 0 Å². The molecule has 0 aliphatic carbocycles. The largest absolute Gasteiger partial charge is 0.450 e. The van der Waals surface area contributed by atoms with Gasteiger partial charge in [-0.25, -0.2) is 0 Å². The Labute approximate surface area is 167 Å². The summed E-state index contributed by atoms with van der Waals surface area (Å²) in [5.74, 6) is 0.471. The first-order valence-electron chi connectivity index (χ1n) is 8.38. The Hall–Kier alpha value is -2.81. The Kier molecular flexibility index (Phi) is 4.85. The van der Waals surface area contributed by atoms with Gasteiger partial charge in [0.05, 0.1) is 10.6 Å². The maximum Gasteiger partial charge on any atom is 0.228 e. The highest BCUT2D eigenvalue weighted by molar-refractivity contribution is 6.37. The number of benzene rings is 3. The van der Waals surface area contributed by atoms with E-state index < -0.39 is 0 Å². The molecule has 27 heavy (non-hydrogen) atoms. The minimum Gasteiger partial charge on any atom is -0.450 e. The molecule has 0 bridgehead atoms. The summed E-state index contributed by atoms with van der Waals surface area (Å²) in [5.41, 5.74) is 2.69. The topological polar surface area (TPSA) is 30.2 Å². The molecule has 0 radical (unpaired) electrons. The van der Waals surface area contributed by atoms with Crippen LogP contribution in [0, 0.1) is 0 Å². The van der Waals surface area contributed by atoms with Crippen molar-refractivity contribution in [1.29, 1.82) is 0 Å². The van der Waals surface area contributed by atoms with Gasteiger partial charge in [-0.1, -0.05) is 96.0 Å². The van der Waals surface area contributed by atoms with Gasteiger partial charge >= 0.3 is 0 Å². The monoisotopic (exact) mass is 392 g/mol. The summed E-state index contributed by atoms with van der Waals surface area (Å²) in [5, 5.41) is 1.01. The molecule has 0 saturated carbocycles. The molecule has 0 atom stereocenters. The van der Waals surface area contributed by atoms with E-state index in [2.05, 4.69) is 0 Å². The molecular weight excluding hydrogens is 379 g/mol. The second-order valence-electron chi connectivity index (χ2n) is 6.02. The average Bonchev–Trinajstić information content (AvgIpc) is 3.06. The Morgan fingerprint density at radius 2 is 1.30 bits per heavy atom. The smallest absolute Gasteiger partial charge is 0.228 e. The number of rotatable bonds is 4. The lowest BCUT2D eigenvalue weighted by Gasteiger charge is -2.03. The van der Waals surface area contributed by atoms with E-state index in [9.17, 15) is 4.79 Å². The molecule has 0 amide bonds. The summed E-state index contributed by atoms with van der Waals surface area (Å²) >= 11 is 12.7. The second-order valence-corrected chi connectivity index (χ2v) is 6.83. The molecule has 4 aromatic rings. The van der Waals surface area contributed by atoms with Crippen LogP contribution < -0.4 is 0 Å². The molecule has 132 valence electrons. The molecule has 1 aromatic heterocycles. The van der Waals surface area contributed by atoms with E-state index in [1.807, 2.05) is 60.7 Å². The molecule has 2 nitrogen and oxygen atoms in total. The van der Waals surface area contributed by atoms with Gasteiger partial charge in [0.25, 0.3) is 0 Å². The number of ketones is 1. The molecule has 0 N–H and O–H groups in total. The van der Waals surface area contributed by atoms with Gasteiger partial charge in [0.2, 0.25) is 5.78 Å². The maximum absolute atomic E-state index is 13.1. The lowest BCUT2D eigenvalue weighted by molar-refractivity contribution is 0.101. The fraction of sp³-hybridized carbons (Fsp3) is 0. The molecular formula is C23H14Cl2O2. The predicted molar refractivity (Wildman–Crippen MR) is 109 cm³/mol. The summed E-state index contributed by atoms with van der Waals surface area (Å²) in [6, 6.07) is 25.7. The molecule has 1 heterocycles.